The van der Waals surface area contributed by atoms with E-state index in [1.807, 2.05) is 6.92 Å². The van der Waals surface area contributed by atoms with Gasteiger partial charge in [0.1, 0.15) is 23.3 Å². The van der Waals surface area contributed by atoms with E-state index in [1.165, 1.54) is 24.3 Å². The Morgan fingerprint density at radius 1 is 1.10 bits per heavy atom. The Labute approximate surface area is 118 Å². The summed E-state index contributed by atoms with van der Waals surface area (Å²) in [4.78, 5) is 4.30. The summed E-state index contributed by atoms with van der Waals surface area (Å²) >= 11 is 0. The van der Waals surface area contributed by atoms with Crippen LogP contribution in [0.3, 0.4) is 0 Å². The molecule has 0 fully saturated rings. The Morgan fingerprint density at radius 3 is 2.57 bits per heavy atom. The number of anilines is 1. The van der Waals surface area contributed by atoms with E-state index < -0.39 is 17.5 Å². The third kappa shape index (κ3) is 2.12. The minimum absolute atomic E-state index is 0.0901. The summed E-state index contributed by atoms with van der Waals surface area (Å²) in [5.41, 5.74) is 6.52. The number of hydrogen-bond acceptors (Lipinski definition) is 2. The van der Waals surface area contributed by atoms with E-state index in [4.69, 9.17) is 5.73 Å². The van der Waals surface area contributed by atoms with E-state index in [2.05, 4.69) is 4.98 Å². The molecule has 108 valence electrons. The lowest BCUT2D eigenvalue weighted by atomic mass is 10.1. The van der Waals surface area contributed by atoms with Gasteiger partial charge in [0.25, 0.3) is 0 Å². The van der Waals surface area contributed by atoms with Crippen molar-refractivity contribution in [2.75, 3.05) is 5.73 Å². The second-order valence-electron chi connectivity index (χ2n) is 4.67. The predicted octanol–water partition coefficient (Wildman–Crippen LogP) is 3.72. The molecule has 3 rings (SSSR count). The number of aromatic nitrogens is 2. The summed E-state index contributed by atoms with van der Waals surface area (Å²) in [6.07, 6.45) is 0. The first-order valence-electron chi connectivity index (χ1n) is 6.42. The third-order valence-corrected chi connectivity index (χ3v) is 3.35. The normalized spacial score (nSPS) is 11.2. The van der Waals surface area contributed by atoms with E-state index in [1.54, 1.807) is 4.57 Å². The van der Waals surface area contributed by atoms with Gasteiger partial charge in [-0.2, -0.15) is 0 Å². The van der Waals surface area contributed by atoms with Crippen molar-refractivity contribution in [3.63, 3.8) is 0 Å². The lowest BCUT2D eigenvalue weighted by Crippen LogP contribution is -2.01. The molecule has 21 heavy (non-hydrogen) atoms. The second kappa shape index (κ2) is 4.80. The molecule has 0 aliphatic carbocycles. The van der Waals surface area contributed by atoms with E-state index >= 15 is 0 Å². The van der Waals surface area contributed by atoms with E-state index in [0.29, 0.717) is 23.4 Å². The first-order valence-corrected chi connectivity index (χ1v) is 6.42. The van der Waals surface area contributed by atoms with Gasteiger partial charge in [-0.15, -0.1) is 0 Å². The SMILES string of the molecule is CCn1c(-c2cc(N)c(F)cc2F)nc2ccc(F)cc21. The molecule has 0 atom stereocenters. The van der Waals surface area contributed by atoms with Crippen molar-refractivity contribution in [1.82, 2.24) is 9.55 Å². The fraction of sp³-hybridized carbons (Fsp3) is 0.133. The van der Waals surface area contributed by atoms with Crippen molar-refractivity contribution >= 4 is 16.7 Å². The molecule has 3 nitrogen and oxygen atoms in total. The van der Waals surface area contributed by atoms with Crippen molar-refractivity contribution in [2.45, 2.75) is 13.5 Å². The van der Waals surface area contributed by atoms with Gasteiger partial charge in [-0.05, 0) is 31.2 Å². The fourth-order valence-corrected chi connectivity index (χ4v) is 2.36. The van der Waals surface area contributed by atoms with Gasteiger partial charge in [-0.3, -0.25) is 0 Å². The fourth-order valence-electron chi connectivity index (χ4n) is 2.36. The molecule has 0 amide bonds. The van der Waals surface area contributed by atoms with Crippen LogP contribution < -0.4 is 5.73 Å². The Balaban J connectivity index is 2.32. The number of nitrogens with two attached hydrogens (primary N) is 1. The zero-order valence-electron chi connectivity index (χ0n) is 11.2. The largest absolute Gasteiger partial charge is 0.396 e. The molecular weight excluding hydrogens is 279 g/mol. The van der Waals surface area contributed by atoms with Crippen LogP contribution in [0.2, 0.25) is 0 Å². The van der Waals surface area contributed by atoms with Crippen LogP contribution in [-0.4, -0.2) is 9.55 Å². The van der Waals surface area contributed by atoms with E-state index in [9.17, 15) is 13.2 Å². The van der Waals surface area contributed by atoms with Crippen LogP contribution in [0.25, 0.3) is 22.4 Å². The van der Waals surface area contributed by atoms with Crippen molar-refractivity contribution in [3.8, 4) is 11.4 Å². The van der Waals surface area contributed by atoms with Crippen LogP contribution in [-0.2, 0) is 6.54 Å². The van der Waals surface area contributed by atoms with Crippen LogP contribution in [0, 0.1) is 17.5 Å². The zero-order chi connectivity index (χ0) is 15.1. The molecule has 0 spiro atoms. The Hall–Kier alpha value is -2.50. The Kier molecular flexibility index (Phi) is 3.08. The number of benzene rings is 2. The maximum absolute atomic E-state index is 14.0. The lowest BCUT2D eigenvalue weighted by Gasteiger charge is -2.08. The maximum atomic E-state index is 14.0. The summed E-state index contributed by atoms with van der Waals surface area (Å²) in [5, 5.41) is 0. The van der Waals surface area contributed by atoms with Gasteiger partial charge in [0, 0.05) is 12.6 Å². The number of imidazole rings is 1. The summed E-state index contributed by atoms with van der Waals surface area (Å²) in [5.74, 6) is -1.68. The average Bonchev–Trinajstić information content (AvgIpc) is 2.80. The van der Waals surface area contributed by atoms with Crippen molar-refractivity contribution < 1.29 is 13.2 Å². The van der Waals surface area contributed by atoms with E-state index in [0.717, 1.165) is 6.07 Å². The molecule has 0 saturated carbocycles. The van der Waals surface area contributed by atoms with Crippen LogP contribution in [0.5, 0.6) is 0 Å². The molecule has 1 aromatic heterocycles. The highest BCUT2D eigenvalue weighted by Crippen LogP contribution is 2.29. The van der Waals surface area contributed by atoms with Crippen molar-refractivity contribution in [1.29, 1.82) is 0 Å². The monoisotopic (exact) mass is 291 g/mol. The highest BCUT2D eigenvalue weighted by molar-refractivity contribution is 5.81. The molecule has 3 aromatic rings. The molecular formula is C15H12F3N3. The minimum Gasteiger partial charge on any atom is -0.396 e. The van der Waals surface area contributed by atoms with Crippen LogP contribution in [0.15, 0.2) is 30.3 Å². The Morgan fingerprint density at radius 2 is 1.86 bits per heavy atom. The standard InChI is InChI=1S/C15H12F3N3/c1-2-21-14-5-8(16)3-4-13(14)20-15(21)9-6-12(19)11(18)7-10(9)17/h3-7H,2,19H2,1H3. The highest BCUT2D eigenvalue weighted by Gasteiger charge is 2.17. The van der Waals surface area contributed by atoms with Crippen molar-refractivity contribution in [2.24, 2.45) is 0 Å². The molecule has 0 saturated heterocycles. The van der Waals surface area contributed by atoms with Gasteiger partial charge in [-0.25, -0.2) is 18.2 Å². The summed E-state index contributed by atoms with van der Waals surface area (Å²) in [6.45, 7) is 2.30. The molecule has 0 radical (unpaired) electrons. The minimum atomic E-state index is -0.818. The van der Waals surface area contributed by atoms with Crippen molar-refractivity contribution in [3.05, 3.63) is 47.8 Å². The average molecular weight is 291 g/mol. The van der Waals surface area contributed by atoms with Gasteiger partial charge < -0.3 is 10.3 Å². The lowest BCUT2D eigenvalue weighted by molar-refractivity contribution is 0.587. The quantitative estimate of drug-likeness (QED) is 0.731. The van der Waals surface area contributed by atoms with E-state index in [-0.39, 0.29) is 11.3 Å². The number of fused-ring (bicyclic) bond motifs is 1. The van der Waals surface area contributed by atoms with Crippen LogP contribution >= 0.6 is 0 Å². The summed E-state index contributed by atoms with van der Waals surface area (Å²) in [6, 6.07) is 6.07. The van der Waals surface area contributed by atoms with Gasteiger partial charge >= 0.3 is 0 Å². The second-order valence-corrected chi connectivity index (χ2v) is 4.67. The maximum Gasteiger partial charge on any atom is 0.149 e. The number of nitrogens with zero attached hydrogens (tertiary/aromatic N) is 2. The molecule has 0 aliphatic rings. The first kappa shape index (κ1) is 13.5. The van der Waals surface area contributed by atoms with Gasteiger partial charge in [0.15, 0.2) is 0 Å². The topological polar surface area (TPSA) is 43.8 Å². The molecule has 0 unspecified atom stereocenters. The van der Waals surface area contributed by atoms with Gasteiger partial charge in [-0.1, -0.05) is 0 Å². The molecule has 0 aliphatic heterocycles. The molecule has 2 N–H and O–H groups in total. The number of nitrogen functional groups attached to an aromatic ring is 1. The molecule has 6 heteroatoms. The highest BCUT2D eigenvalue weighted by atomic mass is 19.1. The number of halogens is 3. The molecule has 1 heterocycles. The van der Waals surface area contributed by atoms with Gasteiger partial charge in [0.2, 0.25) is 0 Å². The summed E-state index contributed by atoms with van der Waals surface area (Å²) in [7, 11) is 0. The first-order chi connectivity index (χ1) is 10.0. The van der Waals surface area contributed by atoms with Crippen LogP contribution in [0.1, 0.15) is 6.92 Å². The van der Waals surface area contributed by atoms with Crippen LogP contribution in [0.4, 0.5) is 18.9 Å². The number of rotatable bonds is 2. The number of hydrogen-bond donors (Lipinski definition) is 1. The number of aryl methyl sites for hydroxylation is 1. The third-order valence-electron chi connectivity index (χ3n) is 3.35. The predicted molar refractivity (Wildman–Crippen MR) is 75.1 cm³/mol. The molecule has 2 aromatic carbocycles. The Bertz CT molecular complexity index is 840. The summed E-state index contributed by atoms with van der Waals surface area (Å²) < 4.78 is 42.3. The smallest absolute Gasteiger partial charge is 0.149 e. The molecule has 0 bridgehead atoms. The van der Waals surface area contributed by atoms with Gasteiger partial charge in [0.05, 0.1) is 22.3 Å². The zero-order valence-corrected chi connectivity index (χ0v) is 11.2.